The number of phenols is 1. The van der Waals surface area contributed by atoms with Crippen molar-refractivity contribution in [2.24, 2.45) is 10.8 Å². The Morgan fingerprint density at radius 2 is 1.78 bits per heavy atom. The van der Waals surface area contributed by atoms with Gasteiger partial charge in [-0.1, -0.05) is 51.5 Å². The van der Waals surface area contributed by atoms with Crippen LogP contribution in [0.3, 0.4) is 0 Å². The number of Topliss-reactive ketones (excluding diaryl/α,β-unsaturated/α-hetero) is 3. The van der Waals surface area contributed by atoms with Crippen LogP contribution in [0, 0.1) is 17.8 Å². The number of fused-ring (bicyclic) bond motifs is 3. The standard InChI is InChI=1S/C30H36O7/c1-9-13(2)10-18-14(3)11-19-16(5)29(8)22(24(33)21(19)23(18)32)26(35)30(37)25(34)20(17(6)31)15(4)12-28(30,7)27(29)36/h11,16,27,32,35-37H,2,9-10,12H2,1,3-8H3/t16-,27+,28+,29+,30+/m1/s1. The van der Waals surface area contributed by atoms with Gasteiger partial charge in [-0.2, -0.15) is 0 Å². The average Bonchev–Trinajstić information content (AvgIpc) is 2.81. The summed E-state index contributed by atoms with van der Waals surface area (Å²) >= 11 is 0. The number of carbonyl (C=O) groups is 3. The van der Waals surface area contributed by atoms with Gasteiger partial charge in [-0.25, -0.2) is 0 Å². The minimum atomic E-state index is -2.69. The fraction of sp³-hybridized carbons (Fsp3) is 0.500. The van der Waals surface area contributed by atoms with E-state index in [2.05, 4.69) is 6.58 Å². The van der Waals surface area contributed by atoms with Crippen molar-refractivity contribution < 1.29 is 34.8 Å². The number of aliphatic hydroxyl groups excluding tert-OH is 2. The van der Waals surface area contributed by atoms with E-state index in [0.717, 1.165) is 11.1 Å². The lowest BCUT2D eigenvalue weighted by Gasteiger charge is -2.60. The summed E-state index contributed by atoms with van der Waals surface area (Å²) < 4.78 is 0. The van der Waals surface area contributed by atoms with Gasteiger partial charge in [0.2, 0.25) is 5.78 Å². The average molecular weight is 509 g/mol. The summed E-state index contributed by atoms with van der Waals surface area (Å²) in [6, 6.07) is 1.83. The Morgan fingerprint density at radius 1 is 1.19 bits per heavy atom. The van der Waals surface area contributed by atoms with Crippen molar-refractivity contribution in [3.63, 3.8) is 0 Å². The molecule has 0 amide bonds. The zero-order valence-corrected chi connectivity index (χ0v) is 22.6. The van der Waals surface area contributed by atoms with Crippen molar-refractivity contribution in [3.8, 4) is 5.75 Å². The molecule has 4 rings (SSSR count). The molecule has 4 N–H and O–H groups in total. The molecule has 0 spiro atoms. The lowest BCUT2D eigenvalue weighted by molar-refractivity contribution is -0.188. The van der Waals surface area contributed by atoms with Crippen molar-refractivity contribution in [3.05, 3.63) is 63.0 Å². The van der Waals surface area contributed by atoms with E-state index in [1.54, 1.807) is 20.8 Å². The summed E-state index contributed by atoms with van der Waals surface area (Å²) in [6.07, 6.45) is -0.428. The van der Waals surface area contributed by atoms with E-state index < -0.39 is 51.6 Å². The molecule has 3 aliphatic carbocycles. The highest BCUT2D eigenvalue weighted by molar-refractivity contribution is 6.25. The SMILES string of the molecule is C=C(CC)Cc1c(C)cc2c(c1O)C(=O)C1=C(O)[C@@]3(O)C(=O)C(C(C)=O)=C(C)C[C@@]3(C)[C@H](O)[C@@]1(C)[C@@H]2C. The van der Waals surface area contributed by atoms with Crippen LogP contribution in [0.1, 0.15) is 87.4 Å². The summed E-state index contributed by atoms with van der Waals surface area (Å²) in [6.45, 7) is 15.5. The summed E-state index contributed by atoms with van der Waals surface area (Å²) in [4.78, 5) is 40.0. The van der Waals surface area contributed by atoms with Crippen LogP contribution in [-0.4, -0.2) is 49.5 Å². The zero-order valence-electron chi connectivity index (χ0n) is 22.6. The van der Waals surface area contributed by atoms with Crippen molar-refractivity contribution in [2.45, 2.75) is 85.4 Å². The Balaban J connectivity index is 2.07. The van der Waals surface area contributed by atoms with Gasteiger partial charge in [-0.3, -0.25) is 14.4 Å². The molecule has 37 heavy (non-hydrogen) atoms. The van der Waals surface area contributed by atoms with Crippen LogP contribution in [0.25, 0.3) is 0 Å². The maximum Gasteiger partial charge on any atom is 0.206 e. The van der Waals surface area contributed by atoms with Crippen LogP contribution in [0.4, 0.5) is 0 Å². The van der Waals surface area contributed by atoms with Gasteiger partial charge >= 0.3 is 0 Å². The van der Waals surface area contributed by atoms with Gasteiger partial charge in [-0.15, -0.1) is 0 Å². The number of aromatic hydroxyl groups is 1. The number of hydrogen-bond donors (Lipinski definition) is 4. The van der Waals surface area contributed by atoms with Gasteiger partial charge in [0.15, 0.2) is 17.2 Å². The van der Waals surface area contributed by atoms with Crippen molar-refractivity contribution >= 4 is 17.3 Å². The van der Waals surface area contributed by atoms with Gasteiger partial charge in [-0.05, 0) is 57.1 Å². The highest BCUT2D eigenvalue weighted by atomic mass is 16.4. The summed E-state index contributed by atoms with van der Waals surface area (Å²) in [5, 5.41) is 46.8. The Hall–Kier alpha value is -3.03. The van der Waals surface area contributed by atoms with Crippen LogP contribution < -0.4 is 0 Å². The number of ketones is 3. The second-order valence-electron chi connectivity index (χ2n) is 11.6. The molecule has 1 aromatic rings. The predicted molar refractivity (Wildman–Crippen MR) is 139 cm³/mol. The maximum atomic E-state index is 14.1. The Bertz CT molecular complexity index is 1360. The number of rotatable bonds is 4. The first kappa shape index (κ1) is 27.0. The molecule has 0 heterocycles. The lowest BCUT2D eigenvalue weighted by Crippen LogP contribution is -2.70. The van der Waals surface area contributed by atoms with E-state index in [9.17, 15) is 34.8 Å². The van der Waals surface area contributed by atoms with E-state index in [1.165, 1.54) is 13.8 Å². The van der Waals surface area contributed by atoms with E-state index in [4.69, 9.17) is 0 Å². The van der Waals surface area contributed by atoms with Crippen molar-refractivity contribution in [1.82, 2.24) is 0 Å². The molecular formula is C30H36O7. The molecule has 0 fully saturated rings. The van der Waals surface area contributed by atoms with Gasteiger partial charge in [0, 0.05) is 16.4 Å². The Kier molecular flexibility index (Phi) is 6.01. The molecule has 0 radical (unpaired) electrons. The minimum Gasteiger partial charge on any atom is -0.508 e. The molecule has 5 atom stereocenters. The highest BCUT2D eigenvalue weighted by Gasteiger charge is 2.72. The van der Waals surface area contributed by atoms with E-state index in [1.807, 2.05) is 19.9 Å². The number of carbonyl (C=O) groups excluding carboxylic acids is 3. The Labute approximate surface area is 217 Å². The van der Waals surface area contributed by atoms with E-state index in [-0.39, 0.29) is 28.9 Å². The lowest BCUT2D eigenvalue weighted by atomic mass is 9.44. The normalized spacial score (nSPS) is 33.2. The first-order valence-electron chi connectivity index (χ1n) is 12.7. The molecule has 7 heteroatoms. The summed E-state index contributed by atoms with van der Waals surface area (Å²) in [5.74, 6) is -4.02. The fourth-order valence-electron chi connectivity index (χ4n) is 7.07. The zero-order chi connectivity index (χ0) is 28.0. The van der Waals surface area contributed by atoms with Gasteiger partial charge < -0.3 is 20.4 Å². The smallest absolute Gasteiger partial charge is 0.206 e. The summed E-state index contributed by atoms with van der Waals surface area (Å²) in [7, 11) is 0. The largest absolute Gasteiger partial charge is 0.508 e. The molecule has 3 aliphatic rings. The highest BCUT2D eigenvalue weighted by Crippen LogP contribution is 2.65. The van der Waals surface area contributed by atoms with Crippen LogP contribution in [0.5, 0.6) is 5.75 Å². The molecule has 0 bridgehead atoms. The molecule has 0 saturated carbocycles. The topological polar surface area (TPSA) is 132 Å². The quantitative estimate of drug-likeness (QED) is 0.352. The van der Waals surface area contributed by atoms with Crippen LogP contribution in [0.2, 0.25) is 0 Å². The predicted octanol–water partition coefficient (Wildman–Crippen LogP) is 4.32. The van der Waals surface area contributed by atoms with Crippen molar-refractivity contribution in [1.29, 1.82) is 0 Å². The molecular weight excluding hydrogens is 472 g/mol. The number of hydrogen-bond acceptors (Lipinski definition) is 7. The number of aryl methyl sites for hydroxylation is 1. The third kappa shape index (κ3) is 3.10. The van der Waals surface area contributed by atoms with Crippen LogP contribution >= 0.6 is 0 Å². The number of benzene rings is 1. The molecule has 0 unspecified atom stereocenters. The third-order valence-electron chi connectivity index (χ3n) is 9.49. The van der Waals surface area contributed by atoms with Crippen LogP contribution in [-0.2, 0) is 16.0 Å². The molecule has 7 nitrogen and oxygen atoms in total. The van der Waals surface area contributed by atoms with Gasteiger partial charge in [0.05, 0.1) is 22.8 Å². The molecule has 0 aromatic heterocycles. The maximum absolute atomic E-state index is 14.1. The third-order valence-corrected chi connectivity index (χ3v) is 9.49. The first-order valence-corrected chi connectivity index (χ1v) is 12.7. The second kappa shape index (κ2) is 8.23. The Morgan fingerprint density at radius 3 is 2.32 bits per heavy atom. The van der Waals surface area contributed by atoms with Gasteiger partial charge in [0.1, 0.15) is 11.5 Å². The summed E-state index contributed by atoms with van der Waals surface area (Å²) in [5.41, 5.74) is -3.14. The second-order valence-corrected chi connectivity index (χ2v) is 11.6. The molecule has 1 aromatic carbocycles. The van der Waals surface area contributed by atoms with Crippen molar-refractivity contribution in [2.75, 3.05) is 0 Å². The number of aliphatic hydroxyl groups is 3. The first-order chi connectivity index (χ1) is 17.0. The number of phenolic OH excluding ortho intramolecular Hbond substituents is 1. The van der Waals surface area contributed by atoms with Crippen LogP contribution in [0.15, 0.2) is 40.7 Å². The molecule has 0 saturated heterocycles. The number of allylic oxidation sites excluding steroid dienone is 2. The van der Waals surface area contributed by atoms with E-state index in [0.29, 0.717) is 29.5 Å². The molecule has 198 valence electrons. The van der Waals surface area contributed by atoms with Gasteiger partial charge in [0.25, 0.3) is 0 Å². The minimum absolute atomic E-state index is 0.0165. The fourth-order valence-corrected chi connectivity index (χ4v) is 7.07. The van der Waals surface area contributed by atoms with E-state index >= 15 is 0 Å². The molecule has 0 aliphatic heterocycles. The monoisotopic (exact) mass is 508 g/mol.